The number of benzene rings is 3. The van der Waals surface area contributed by atoms with E-state index < -0.39 is 17.6 Å². The van der Waals surface area contributed by atoms with E-state index in [-0.39, 0.29) is 17.9 Å². The van der Waals surface area contributed by atoms with Gasteiger partial charge in [-0.1, -0.05) is 12.1 Å². The van der Waals surface area contributed by atoms with Crippen molar-refractivity contribution < 1.29 is 23.5 Å². The molecule has 2 N–H and O–H groups in total. The molecule has 9 heteroatoms. The Hall–Kier alpha value is -4.16. The molecule has 0 atom stereocenters. The van der Waals surface area contributed by atoms with Gasteiger partial charge in [0, 0.05) is 11.4 Å². The third kappa shape index (κ3) is 7.42. The molecule has 0 spiro atoms. The minimum Gasteiger partial charge on any atom is -0.490 e. The number of nitrogens with one attached hydrogen (secondary N) is 2. The van der Waals surface area contributed by atoms with Crippen LogP contribution >= 0.6 is 15.9 Å². The van der Waals surface area contributed by atoms with Gasteiger partial charge in [0.15, 0.2) is 18.1 Å². The zero-order valence-corrected chi connectivity index (χ0v) is 21.2. The molecule has 36 heavy (non-hydrogen) atoms. The summed E-state index contributed by atoms with van der Waals surface area (Å²) in [5.41, 5.74) is 2.41. The molecule has 0 aliphatic rings. The summed E-state index contributed by atoms with van der Waals surface area (Å²) < 4.78 is 24.9. The first-order valence-electron chi connectivity index (χ1n) is 10.9. The van der Waals surface area contributed by atoms with Gasteiger partial charge in [0.25, 0.3) is 11.8 Å². The van der Waals surface area contributed by atoms with Crippen LogP contribution in [0.2, 0.25) is 0 Å². The molecule has 2 amide bonds. The van der Waals surface area contributed by atoms with E-state index in [1.54, 1.807) is 31.2 Å². The maximum absolute atomic E-state index is 13.0. The molecule has 0 unspecified atom stereocenters. The van der Waals surface area contributed by atoms with Gasteiger partial charge in [0.1, 0.15) is 17.5 Å². The Morgan fingerprint density at radius 1 is 1.06 bits per heavy atom. The molecule has 3 aromatic carbocycles. The molecule has 184 valence electrons. The van der Waals surface area contributed by atoms with E-state index in [1.807, 2.05) is 25.1 Å². The van der Waals surface area contributed by atoms with Crippen LogP contribution in [-0.2, 0) is 9.59 Å². The lowest BCUT2D eigenvalue weighted by Crippen LogP contribution is -2.20. The number of amides is 2. The summed E-state index contributed by atoms with van der Waals surface area (Å²) in [7, 11) is 0. The molecular formula is C27H23BrFN3O4. The normalized spacial score (nSPS) is 10.8. The average molecular weight is 552 g/mol. The lowest BCUT2D eigenvalue weighted by molar-refractivity contribution is -0.118. The van der Waals surface area contributed by atoms with E-state index >= 15 is 0 Å². The summed E-state index contributed by atoms with van der Waals surface area (Å²) in [6.07, 6.45) is 1.43. The number of ether oxygens (including phenoxy) is 2. The SMILES string of the molecule is CCOc1cc(/C=C(\C#N)C(=O)Nc2cccc(C)c2)cc(Br)c1OCC(=O)Nc1ccc(F)cc1. The number of anilines is 2. The van der Waals surface area contributed by atoms with E-state index in [2.05, 4.69) is 26.6 Å². The van der Waals surface area contributed by atoms with Crippen LogP contribution in [0.3, 0.4) is 0 Å². The molecule has 0 heterocycles. The van der Waals surface area contributed by atoms with Crippen LogP contribution in [0.5, 0.6) is 11.5 Å². The zero-order valence-electron chi connectivity index (χ0n) is 19.6. The van der Waals surface area contributed by atoms with Gasteiger partial charge in [-0.25, -0.2) is 4.39 Å². The second kappa shape index (κ2) is 12.5. The van der Waals surface area contributed by atoms with Crippen LogP contribution in [-0.4, -0.2) is 25.0 Å². The fraction of sp³-hybridized carbons (Fsp3) is 0.148. The largest absolute Gasteiger partial charge is 0.490 e. The highest BCUT2D eigenvalue weighted by atomic mass is 79.9. The Morgan fingerprint density at radius 3 is 2.47 bits per heavy atom. The summed E-state index contributed by atoms with van der Waals surface area (Å²) >= 11 is 3.41. The topological polar surface area (TPSA) is 100 Å². The van der Waals surface area contributed by atoms with Gasteiger partial charge in [-0.05, 0) is 95.5 Å². The maximum Gasteiger partial charge on any atom is 0.266 e. The van der Waals surface area contributed by atoms with Crippen molar-refractivity contribution in [3.63, 3.8) is 0 Å². The standard InChI is InChI=1S/C27H23BrFN3O4/c1-3-35-24-14-18(12-19(15-30)27(34)32-22-6-4-5-17(2)11-22)13-23(28)26(24)36-16-25(33)31-21-9-7-20(29)8-10-21/h4-14H,3,16H2,1-2H3,(H,31,33)(H,32,34)/b19-12+. The minimum absolute atomic E-state index is 0.0989. The Labute approximate surface area is 216 Å². The number of hydrogen-bond acceptors (Lipinski definition) is 5. The number of aryl methyl sites for hydroxylation is 1. The van der Waals surface area contributed by atoms with Crippen LogP contribution in [0.1, 0.15) is 18.1 Å². The van der Waals surface area contributed by atoms with E-state index in [0.717, 1.165) is 5.56 Å². The van der Waals surface area contributed by atoms with Gasteiger partial charge in [-0.3, -0.25) is 9.59 Å². The van der Waals surface area contributed by atoms with Crippen LogP contribution in [0, 0.1) is 24.1 Å². The molecule has 3 rings (SSSR count). The van der Waals surface area contributed by atoms with Gasteiger partial charge in [0.2, 0.25) is 0 Å². The van der Waals surface area contributed by atoms with Gasteiger partial charge in [-0.2, -0.15) is 5.26 Å². The first-order valence-corrected chi connectivity index (χ1v) is 11.7. The van der Waals surface area contributed by atoms with Crippen molar-refractivity contribution in [1.82, 2.24) is 0 Å². The fourth-order valence-electron chi connectivity index (χ4n) is 3.18. The number of hydrogen-bond donors (Lipinski definition) is 2. The van der Waals surface area contributed by atoms with Gasteiger partial charge in [-0.15, -0.1) is 0 Å². The molecule has 0 aliphatic heterocycles. The predicted molar refractivity (Wildman–Crippen MR) is 139 cm³/mol. The number of carbonyl (C=O) groups excluding carboxylic acids is 2. The van der Waals surface area contributed by atoms with Crippen LogP contribution in [0.15, 0.2) is 70.7 Å². The van der Waals surface area contributed by atoms with E-state index in [9.17, 15) is 19.2 Å². The fourth-order valence-corrected chi connectivity index (χ4v) is 3.75. The smallest absolute Gasteiger partial charge is 0.266 e. The van der Waals surface area contributed by atoms with Crippen molar-refractivity contribution in [1.29, 1.82) is 5.26 Å². The van der Waals surface area contributed by atoms with Crippen molar-refractivity contribution in [3.05, 3.63) is 87.7 Å². The molecule has 0 fully saturated rings. The van der Waals surface area contributed by atoms with Crippen molar-refractivity contribution in [2.24, 2.45) is 0 Å². The lowest BCUT2D eigenvalue weighted by Gasteiger charge is -2.15. The van der Waals surface area contributed by atoms with Crippen molar-refractivity contribution in [2.45, 2.75) is 13.8 Å². The highest BCUT2D eigenvalue weighted by Crippen LogP contribution is 2.37. The van der Waals surface area contributed by atoms with Crippen LogP contribution < -0.4 is 20.1 Å². The first-order chi connectivity index (χ1) is 17.3. The number of nitriles is 1. The first kappa shape index (κ1) is 26.4. The zero-order chi connectivity index (χ0) is 26.1. The minimum atomic E-state index is -0.546. The lowest BCUT2D eigenvalue weighted by atomic mass is 10.1. The number of rotatable bonds is 9. The second-order valence-electron chi connectivity index (χ2n) is 7.60. The Kier molecular flexibility index (Phi) is 9.19. The summed E-state index contributed by atoms with van der Waals surface area (Å²) in [4.78, 5) is 24.9. The van der Waals surface area contributed by atoms with E-state index in [4.69, 9.17) is 9.47 Å². The predicted octanol–water partition coefficient (Wildman–Crippen LogP) is 5.86. The molecular weight excluding hydrogens is 529 g/mol. The summed E-state index contributed by atoms with van der Waals surface area (Å²) in [6, 6.07) is 17.8. The molecule has 7 nitrogen and oxygen atoms in total. The third-order valence-electron chi connectivity index (χ3n) is 4.76. The Bertz CT molecular complexity index is 1330. The van der Waals surface area contributed by atoms with Gasteiger partial charge in [0.05, 0.1) is 11.1 Å². The molecule has 0 aliphatic carbocycles. The number of halogens is 2. The van der Waals surface area contributed by atoms with Gasteiger partial charge >= 0.3 is 0 Å². The van der Waals surface area contributed by atoms with Gasteiger partial charge < -0.3 is 20.1 Å². The molecule has 0 aromatic heterocycles. The maximum atomic E-state index is 13.0. The molecule has 3 aromatic rings. The van der Waals surface area contributed by atoms with Crippen LogP contribution in [0.25, 0.3) is 6.08 Å². The quantitative estimate of drug-likeness (QED) is 0.256. The summed E-state index contributed by atoms with van der Waals surface area (Å²) in [5, 5.41) is 14.9. The van der Waals surface area contributed by atoms with Crippen molar-refractivity contribution >= 4 is 45.2 Å². The molecule has 0 radical (unpaired) electrons. The second-order valence-corrected chi connectivity index (χ2v) is 8.45. The van der Waals surface area contributed by atoms with Crippen molar-refractivity contribution in [2.75, 3.05) is 23.8 Å². The van der Waals surface area contributed by atoms with E-state index in [0.29, 0.717) is 33.8 Å². The third-order valence-corrected chi connectivity index (χ3v) is 5.35. The van der Waals surface area contributed by atoms with Crippen molar-refractivity contribution in [3.8, 4) is 17.6 Å². The Balaban J connectivity index is 1.76. The molecule has 0 saturated carbocycles. The summed E-state index contributed by atoms with van der Waals surface area (Å²) in [5.74, 6) is -0.791. The van der Waals surface area contributed by atoms with Crippen LogP contribution in [0.4, 0.5) is 15.8 Å². The summed E-state index contributed by atoms with van der Waals surface area (Å²) in [6.45, 7) is 3.68. The highest BCUT2D eigenvalue weighted by molar-refractivity contribution is 9.10. The molecule has 0 saturated heterocycles. The Morgan fingerprint density at radius 2 is 1.81 bits per heavy atom. The average Bonchev–Trinajstić information content (AvgIpc) is 2.83. The number of carbonyl (C=O) groups is 2. The monoisotopic (exact) mass is 551 g/mol. The highest BCUT2D eigenvalue weighted by Gasteiger charge is 2.16. The number of nitrogens with zero attached hydrogens (tertiary/aromatic N) is 1. The van der Waals surface area contributed by atoms with E-state index in [1.165, 1.54) is 30.3 Å². The molecule has 0 bridgehead atoms.